The number of hydrogen-bond acceptors (Lipinski definition) is 1. The van der Waals surface area contributed by atoms with E-state index in [1.807, 2.05) is 6.07 Å². The molecule has 0 aromatic heterocycles. The lowest BCUT2D eigenvalue weighted by Gasteiger charge is -2.25. The molecule has 0 spiro atoms. The van der Waals surface area contributed by atoms with Gasteiger partial charge in [-0.1, -0.05) is 63.4 Å². The van der Waals surface area contributed by atoms with E-state index in [0.29, 0.717) is 18.5 Å². The average Bonchev–Trinajstić information content (AvgIpc) is 2.47. The fraction of sp³-hybridized carbons (Fsp3) is 0.588. The summed E-state index contributed by atoms with van der Waals surface area (Å²) >= 11 is 0. The van der Waals surface area contributed by atoms with Crippen LogP contribution in [0.3, 0.4) is 0 Å². The third kappa shape index (κ3) is 4.26. The van der Waals surface area contributed by atoms with Gasteiger partial charge >= 0.3 is 0 Å². The molecule has 0 aliphatic heterocycles. The van der Waals surface area contributed by atoms with E-state index in [1.165, 1.54) is 37.7 Å². The lowest BCUT2D eigenvalue weighted by Crippen LogP contribution is -2.41. The van der Waals surface area contributed by atoms with Crippen molar-refractivity contribution in [1.82, 2.24) is 5.32 Å². The van der Waals surface area contributed by atoms with Crippen LogP contribution in [0.5, 0.6) is 0 Å². The minimum atomic E-state index is 0.0140. The molecule has 0 heterocycles. The molecule has 20 heavy (non-hydrogen) atoms. The molecule has 3 N–H and O–H groups in total. The largest absolute Gasteiger partial charge is 0.370 e. The summed E-state index contributed by atoms with van der Waals surface area (Å²) in [5.74, 6) is 0.598. The first kappa shape index (κ1) is 14.9. The van der Waals surface area contributed by atoms with E-state index >= 15 is 0 Å². The normalized spacial score (nSPS) is 18.0. The predicted molar refractivity (Wildman–Crippen MR) is 86.0 cm³/mol. The van der Waals surface area contributed by atoms with Crippen LogP contribution in [-0.4, -0.2) is 18.5 Å². The van der Waals surface area contributed by atoms with Crippen molar-refractivity contribution in [3.63, 3.8) is 0 Å². The molecule has 2 rings (SSSR count). The Morgan fingerprint density at radius 3 is 2.50 bits per heavy atom. The number of nitrogens with zero attached hydrogens (tertiary/aromatic N) is 1. The maximum Gasteiger partial charge on any atom is 0.188 e. The Balaban J connectivity index is 1.90. The van der Waals surface area contributed by atoms with Gasteiger partial charge in [0, 0.05) is 11.5 Å². The van der Waals surface area contributed by atoms with Crippen molar-refractivity contribution in [2.75, 3.05) is 6.54 Å². The Morgan fingerprint density at radius 2 is 1.85 bits per heavy atom. The standard InChI is InChI=1S/C17H27N3/c1-17(2,14-9-5-3-6-10-14)13-19-16(18)20-15-11-7-4-8-12-15/h3,5-6,9-10,15H,4,7-8,11-13H2,1-2H3,(H3,18,19,20). The molecule has 0 atom stereocenters. The summed E-state index contributed by atoms with van der Waals surface area (Å²) < 4.78 is 0. The minimum Gasteiger partial charge on any atom is -0.370 e. The number of benzene rings is 1. The molecule has 1 aliphatic rings. The van der Waals surface area contributed by atoms with Crippen molar-refractivity contribution in [3.8, 4) is 0 Å². The summed E-state index contributed by atoms with van der Waals surface area (Å²) in [6, 6.07) is 11.0. The molecule has 0 saturated heterocycles. The highest BCUT2D eigenvalue weighted by Gasteiger charge is 2.20. The van der Waals surface area contributed by atoms with Gasteiger partial charge in [0.2, 0.25) is 0 Å². The third-order valence-electron chi connectivity index (χ3n) is 4.16. The first-order valence-corrected chi connectivity index (χ1v) is 7.70. The Morgan fingerprint density at radius 1 is 1.20 bits per heavy atom. The molecule has 1 fully saturated rings. The summed E-state index contributed by atoms with van der Waals surface area (Å²) in [5.41, 5.74) is 7.34. The van der Waals surface area contributed by atoms with Gasteiger partial charge in [-0.15, -0.1) is 0 Å². The van der Waals surface area contributed by atoms with Gasteiger partial charge in [0.1, 0.15) is 0 Å². The molecule has 3 nitrogen and oxygen atoms in total. The summed E-state index contributed by atoms with van der Waals surface area (Å²) in [6.07, 6.45) is 6.41. The topological polar surface area (TPSA) is 50.4 Å². The number of nitrogens with two attached hydrogens (primary N) is 1. The van der Waals surface area contributed by atoms with Crippen LogP contribution in [0.2, 0.25) is 0 Å². The van der Waals surface area contributed by atoms with E-state index in [2.05, 4.69) is 48.4 Å². The lowest BCUT2D eigenvalue weighted by atomic mass is 9.85. The highest BCUT2D eigenvalue weighted by Crippen LogP contribution is 2.23. The van der Waals surface area contributed by atoms with Crippen LogP contribution in [0.15, 0.2) is 35.3 Å². The SMILES string of the molecule is CC(C)(CN=C(N)NC1CCCCC1)c1ccccc1. The van der Waals surface area contributed by atoms with Gasteiger partial charge in [-0.3, -0.25) is 4.99 Å². The predicted octanol–water partition coefficient (Wildman–Crippen LogP) is 3.20. The van der Waals surface area contributed by atoms with E-state index in [1.54, 1.807) is 0 Å². The molecule has 1 aliphatic carbocycles. The van der Waals surface area contributed by atoms with Crippen molar-refractivity contribution in [3.05, 3.63) is 35.9 Å². The molecular weight excluding hydrogens is 246 g/mol. The van der Waals surface area contributed by atoms with E-state index < -0.39 is 0 Å². The molecular formula is C17H27N3. The lowest BCUT2D eigenvalue weighted by molar-refractivity contribution is 0.411. The van der Waals surface area contributed by atoms with Gasteiger partial charge in [-0.25, -0.2) is 0 Å². The summed E-state index contributed by atoms with van der Waals surface area (Å²) in [5, 5.41) is 3.37. The van der Waals surface area contributed by atoms with Crippen LogP contribution in [0.25, 0.3) is 0 Å². The molecule has 0 amide bonds. The smallest absolute Gasteiger partial charge is 0.188 e. The van der Waals surface area contributed by atoms with Crippen LogP contribution < -0.4 is 11.1 Å². The molecule has 3 heteroatoms. The third-order valence-corrected chi connectivity index (χ3v) is 4.16. The van der Waals surface area contributed by atoms with Crippen LogP contribution in [0, 0.1) is 0 Å². The monoisotopic (exact) mass is 273 g/mol. The van der Waals surface area contributed by atoms with Crippen molar-refractivity contribution < 1.29 is 0 Å². The minimum absolute atomic E-state index is 0.0140. The second-order valence-corrected chi connectivity index (χ2v) is 6.43. The zero-order valence-corrected chi connectivity index (χ0v) is 12.7. The highest BCUT2D eigenvalue weighted by atomic mass is 15.1. The highest BCUT2D eigenvalue weighted by molar-refractivity contribution is 5.78. The first-order valence-electron chi connectivity index (χ1n) is 7.70. The van der Waals surface area contributed by atoms with Crippen LogP contribution >= 0.6 is 0 Å². The zero-order chi connectivity index (χ0) is 14.4. The second-order valence-electron chi connectivity index (χ2n) is 6.43. The number of nitrogens with one attached hydrogen (secondary N) is 1. The Kier molecular flexibility index (Phi) is 5.05. The van der Waals surface area contributed by atoms with Crippen molar-refractivity contribution >= 4 is 5.96 Å². The van der Waals surface area contributed by atoms with Crippen LogP contribution in [0.1, 0.15) is 51.5 Å². The van der Waals surface area contributed by atoms with Gasteiger partial charge < -0.3 is 11.1 Å². The van der Waals surface area contributed by atoms with Gasteiger partial charge in [0.05, 0.1) is 6.54 Å². The Labute approximate surface area is 122 Å². The summed E-state index contributed by atoms with van der Waals surface area (Å²) in [7, 11) is 0. The number of hydrogen-bond donors (Lipinski definition) is 2. The number of aliphatic imine (C=N–C) groups is 1. The average molecular weight is 273 g/mol. The van der Waals surface area contributed by atoms with Gasteiger partial charge in [0.25, 0.3) is 0 Å². The Bertz CT molecular complexity index is 431. The maximum absolute atomic E-state index is 6.03. The quantitative estimate of drug-likeness (QED) is 0.654. The molecule has 0 unspecified atom stereocenters. The van der Waals surface area contributed by atoms with Crippen molar-refractivity contribution in [2.24, 2.45) is 10.7 Å². The Hall–Kier alpha value is -1.51. The van der Waals surface area contributed by atoms with E-state index in [0.717, 1.165) is 0 Å². The van der Waals surface area contributed by atoms with Gasteiger partial charge in [-0.2, -0.15) is 0 Å². The second kappa shape index (κ2) is 6.78. The zero-order valence-electron chi connectivity index (χ0n) is 12.7. The van der Waals surface area contributed by atoms with Crippen molar-refractivity contribution in [2.45, 2.75) is 57.4 Å². The van der Waals surface area contributed by atoms with Crippen LogP contribution in [-0.2, 0) is 5.41 Å². The van der Waals surface area contributed by atoms with E-state index in [4.69, 9.17) is 5.73 Å². The molecule has 110 valence electrons. The van der Waals surface area contributed by atoms with E-state index in [-0.39, 0.29) is 5.41 Å². The van der Waals surface area contributed by atoms with Gasteiger partial charge in [0.15, 0.2) is 5.96 Å². The molecule has 0 bridgehead atoms. The summed E-state index contributed by atoms with van der Waals surface area (Å²) in [4.78, 5) is 4.55. The fourth-order valence-corrected chi connectivity index (χ4v) is 2.77. The summed E-state index contributed by atoms with van der Waals surface area (Å²) in [6.45, 7) is 5.13. The van der Waals surface area contributed by atoms with Crippen LogP contribution in [0.4, 0.5) is 0 Å². The maximum atomic E-state index is 6.03. The number of rotatable bonds is 4. The fourth-order valence-electron chi connectivity index (χ4n) is 2.77. The van der Waals surface area contributed by atoms with E-state index in [9.17, 15) is 0 Å². The molecule has 1 aromatic rings. The number of guanidine groups is 1. The van der Waals surface area contributed by atoms with Crippen molar-refractivity contribution in [1.29, 1.82) is 0 Å². The molecule has 1 saturated carbocycles. The molecule has 1 aromatic carbocycles. The molecule has 0 radical (unpaired) electrons. The van der Waals surface area contributed by atoms with Gasteiger partial charge in [-0.05, 0) is 18.4 Å². The first-order chi connectivity index (χ1) is 9.58.